The molecule has 1 aromatic rings. The van der Waals surface area contributed by atoms with Crippen molar-refractivity contribution in [2.24, 2.45) is 0 Å². The molecule has 0 saturated carbocycles. The van der Waals surface area contributed by atoms with Gasteiger partial charge < -0.3 is 20.4 Å². The smallest absolute Gasteiger partial charge is 0.317 e. The van der Waals surface area contributed by atoms with Crippen LogP contribution in [0.5, 0.6) is 0 Å². The van der Waals surface area contributed by atoms with Gasteiger partial charge in [-0.05, 0) is 6.42 Å². The summed E-state index contributed by atoms with van der Waals surface area (Å²) < 4.78 is 0. The number of amides is 2. The third-order valence-corrected chi connectivity index (χ3v) is 4.05. The van der Waals surface area contributed by atoms with Gasteiger partial charge in [-0.15, -0.1) is 0 Å². The first-order chi connectivity index (χ1) is 10.2. The van der Waals surface area contributed by atoms with Crippen molar-refractivity contribution in [2.45, 2.75) is 25.8 Å². The predicted molar refractivity (Wildman–Crippen MR) is 81.7 cm³/mol. The highest BCUT2D eigenvalue weighted by atomic mass is 16.2. The van der Waals surface area contributed by atoms with Crippen LogP contribution in [0.25, 0.3) is 0 Å². The van der Waals surface area contributed by atoms with E-state index < -0.39 is 0 Å². The number of nitrogens with one attached hydrogen (secondary N) is 2. The fourth-order valence-corrected chi connectivity index (χ4v) is 2.92. The normalized spacial score (nSPS) is 21.2. The number of hydrogen-bond acceptors (Lipinski definition) is 5. The molecule has 3 heterocycles. The highest BCUT2D eigenvalue weighted by Gasteiger charge is 2.35. The maximum absolute atomic E-state index is 11.7. The summed E-state index contributed by atoms with van der Waals surface area (Å²) in [4.78, 5) is 25.0. The van der Waals surface area contributed by atoms with Crippen molar-refractivity contribution in [2.75, 3.05) is 43.4 Å². The average molecular weight is 290 g/mol. The summed E-state index contributed by atoms with van der Waals surface area (Å²) in [5.74, 6) is 2.69. The van der Waals surface area contributed by atoms with Crippen LogP contribution in [0.15, 0.2) is 6.07 Å². The minimum atomic E-state index is 0.0601. The topological polar surface area (TPSA) is 73.4 Å². The lowest BCUT2D eigenvalue weighted by molar-refractivity contribution is 0.197. The molecule has 0 bridgehead atoms. The van der Waals surface area contributed by atoms with Gasteiger partial charge >= 0.3 is 6.03 Å². The Morgan fingerprint density at radius 2 is 2.29 bits per heavy atom. The van der Waals surface area contributed by atoms with Gasteiger partial charge in [-0.25, -0.2) is 14.8 Å². The monoisotopic (exact) mass is 290 g/mol. The lowest BCUT2D eigenvalue weighted by Crippen LogP contribution is -2.52. The number of urea groups is 1. The summed E-state index contributed by atoms with van der Waals surface area (Å²) in [6, 6.07) is 2.29. The number of aromatic nitrogens is 2. The third kappa shape index (κ3) is 2.72. The molecule has 21 heavy (non-hydrogen) atoms. The van der Waals surface area contributed by atoms with Gasteiger partial charge in [0.05, 0.1) is 6.04 Å². The molecule has 0 spiro atoms. The van der Waals surface area contributed by atoms with E-state index in [1.54, 1.807) is 0 Å². The molecular weight excluding hydrogens is 268 g/mol. The van der Waals surface area contributed by atoms with Crippen LogP contribution in [0.1, 0.15) is 19.2 Å². The molecule has 0 aromatic carbocycles. The van der Waals surface area contributed by atoms with E-state index >= 15 is 0 Å². The Morgan fingerprint density at radius 1 is 1.43 bits per heavy atom. The first kappa shape index (κ1) is 13.9. The van der Waals surface area contributed by atoms with E-state index in [0.29, 0.717) is 0 Å². The molecule has 2 fully saturated rings. The highest BCUT2D eigenvalue weighted by molar-refractivity contribution is 5.77. The molecule has 7 nitrogen and oxygen atoms in total. The van der Waals surface area contributed by atoms with Crippen LogP contribution in [0.3, 0.4) is 0 Å². The Kier molecular flexibility index (Phi) is 3.81. The van der Waals surface area contributed by atoms with Gasteiger partial charge in [0, 0.05) is 45.7 Å². The second-order valence-corrected chi connectivity index (χ2v) is 5.51. The van der Waals surface area contributed by atoms with E-state index in [0.717, 1.165) is 56.5 Å². The van der Waals surface area contributed by atoms with Crippen LogP contribution in [-0.2, 0) is 6.42 Å². The Hall–Kier alpha value is -2.05. The summed E-state index contributed by atoms with van der Waals surface area (Å²) in [6.45, 7) is 5.24. The second-order valence-electron chi connectivity index (χ2n) is 5.51. The van der Waals surface area contributed by atoms with Gasteiger partial charge in [-0.1, -0.05) is 6.92 Å². The van der Waals surface area contributed by atoms with Gasteiger partial charge in [-0.3, -0.25) is 0 Å². The lowest BCUT2D eigenvalue weighted by Gasteiger charge is -2.37. The maximum atomic E-state index is 11.7. The van der Waals surface area contributed by atoms with Crippen molar-refractivity contribution in [3.8, 4) is 0 Å². The molecule has 2 amide bonds. The molecule has 0 aliphatic carbocycles. The molecule has 1 atom stereocenters. The van der Waals surface area contributed by atoms with Gasteiger partial charge in [0.1, 0.15) is 17.5 Å². The number of nitrogens with zero attached hydrogens (tertiary/aromatic N) is 4. The number of fused-ring (bicyclic) bond motifs is 1. The predicted octanol–water partition coefficient (Wildman–Crippen LogP) is 0.685. The SMILES string of the molecule is CCCc1nc(NC)cc(N2CCN3C(=O)NCC3C2)n1. The zero-order valence-electron chi connectivity index (χ0n) is 12.6. The molecule has 7 heteroatoms. The van der Waals surface area contributed by atoms with Gasteiger partial charge in [0.2, 0.25) is 0 Å². The molecule has 0 radical (unpaired) electrons. The summed E-state index contributed by atoms with van der Waals surface area (Å²) in [6.07, 6.45) is 1.91. The third-order valence-electron chi connectivity index (χ3n) is 4.05. The minimum Gasteiger partial charge on any atom is -0.373 e. The van der Waals surface area contributed by atoms with E-state index in [4.69, 9.17) is 0 Å². The van der Waals surface area contributed by atoms with E-state index in [1.165, 1.54) is 0 Å². The van der Waals surface area contributed by atoms with Crippen LogP contribution in [0.2, 0.25) is 0 Å². The summed E-state index contributed by atoms with van der Waals surface area (Å²) in [5, 5.41) is 6.01. The van der Waals surface area contributed by atoms with Crippen LogP contribution in [0, 0.1) is 0 Å². The number of aryl methyl sites for hydroxylation is 1. The number of hydrogen-bond donors (Lipinski definition) is 2. The molecule has 2 N–H and O–H groups in total. The van der Waals surface area contributed by atoms with Gasteiger partial charge in [0.15, 0.2) is 0 Å². The molecular formula is C14H22N6O. The fraction of sp³-hybridized carbons (Fsp3) is 0.643. The fourth-order valence-electron chi connectivity index (χ4n) is 2.92. The summed E-state index contributed by atoms with van der Waals surface area (Å²) >= 11 is 0. The van der Waals surface area contributed by atoms with E-state index in [2.05, 4.69) is 32.4 Å². The number of anilines is 2. The van der Waals surface area contributed by atoms with Crippen LogP contribution < -0.4 is 15.5 Å². The van der Waals surface area contributed by atoms with Crippen molar-refractivity contribution in [3.05, 3.63) is 11.9 Å². The van der Waals surface area contributed by atoms with Crippen molar-refractivity contribution < 1.29 is 4.79 Å². The lowest BCUT2D eigenvalue weighted by atomic mass is 10.2. The first-order valence-electron chi connectivity index (χ1n) is 7.56. The van der Waals surface area contributed by atoms with E-state index in [-0.39, 0.29) is 12.1 Å². The quantitative estimate of drug-likeness (QED) is 0.853. The Morgan fingerprint density at radius 3 is 3.05 bits per heavy atom. The minimum absolute atomic E-state index is 0.0601. The molecule has 2 saturated heterocycles. The second kappa shape index (κ2) is 5.75. The number of carbonyl (C=O) groups excluding carboxylic acids is 1. The Bertz CT molecular complexity index is 534. The van der Waals surface area contributed by atoms with Crippen molar-refractivity contribution >= 4 is 17.7 Å². The van der Waals surface area contributed by atoms with Crippen LogP contribution in [0.4, 0.5) is 16.4 Å². The number of piperazine rings is 1. The molecule has 1 aromatic heterocycles. The van der Waals surface area contributed by atoms with Gasteiger partial charge in [-0.2, -0.15) is 0 Å². The number of carbonyl (C=O) groups is 1. The highest BCUT2D eigenvalue weighted by Crippen LogP contribution is 2.22. The molecule has 1 unspecified atom stereocenters. The average Bonchev–Trinajstić information content (AvgIpc) is 2.88. The van der Waals surface area contributed by atoms with Crippen molar-refractivity contribution in [3.63, 3.8) is 0 Å². The summed E-state index contributed by atoms with van der Waals surface area (Å²) in [5.41, 5.74) is 0. The molecule has 3 rings (SSSR count). The van der Waals surface area contributed by atoms with E-state index in [9.17, 15) is 4.79 Å². The maximum Gasteiger partial charge on any atom is 0.317 e. The zero-order chi connectivity index (χ0) is 14.8. The molecule has 114 valence electrons. The van der Waals surface area contributed by atoms with E-state index in [1.807, 2.05) is 18.0 Å². The molecule has 2 aliphatic heterocycles. The van der Waals surface area contributed by atoms with Gasteiger partial charge in [0.25, 0.3) is 0 Å². The summed E-state index contributed by atoms with van der Waals surface area (Å²) in [7, 11) is 1.87. The molecule has 2 aliphatic rings. The largest absolute Gasteiger partial charge is 0.373 e. The standard InChI is InChI=1S/C14H22N6O/c1-3-4-11-17-12(15-2)7-13(18-11)19-5-6-20-10(9-19)8-16-14(20)21/h7,10H,3-6,8-9H2,1-2H3,(H,16,21)(H,15,17,18). The Balaban J connectivity index is 1.80. The van der Waals surface area contributed by atoms with Crippen molar-refractivity contribution in [1.82, 2.24) is 20.2 Å². The van der Waals surface area contributed by atoms with Crippen molar-refractivity contribution in [1.29, 1.82) is 0 Å². The van der Waals surface area contributed by atoms with Crippen LogP contribution >= 0.6 is 0 Å². The number of rotatable bonds is 4. The first-order valence-corrected chi connectivity index (χ1v) is 7.56. The zero-order valence-corrected chi connectivity index (χ0v) is 12.6. The Labute approximate surface area is 124 Å². The van der Waals surface area contributed by atoms with Crippen LogP contribution in [-0.4, -0.2) is 60.2 Å².